The van der Waals surface area contributed by atoms with E-state index in [0.29, 0.717) is 12.6 Å². The molecule has 4 heteroatoms. The maximum Gasteiger partial charge on any atom is 0.238 e. The molecular weight excluding hydrogens is 264 g/mol. The highest BCUT2D eigenvalue weighted by molar-refractivity contribution is 5.81. The predicted octanol–water partition coefficient (Wildman–Crippen LogP) is 2.77. The molecule has 1 aromatic carbocycles. The molecule has 0 bridgehead atoms. The summed E-state index contributed by atoms with van der Waals surface area (Å²) in [5.74, 6) is 1.13. The number of nitrogens with zero attached hydrogens (tertiary/aromatic N) is 1. The first-order valence-electron chi connectivity index (χ1n) is 7.90. The number of hydrogen-bond donors (Lipinski definition) is 1. The Morgan fingerprint density at radius 2 is 2.00 bits per heavy atom. The van der Waals surface area contributed by atoms with Crippen molar-refractivity contribution in [1.82, 2.24) is 10.2 Å². The van der Waals surface area contributed by atoms with E-state index in [1.54, 1.807) is 7.11 Å². The van der Waals surface area contributed by atoms with Crippen LogP contribution in [0, 0.1) is 6.92 Å². The second kappa shape index (κ2) is 6.06. The van der Waals surface area contributed by atoms with Gasteiger partial charge < -0.3 is 9.64 Å². The lowest BCUT2D eigenvalue weighted by molar-refractivity contribution is -0.131. The molecule has 0 radical (unpaired) electrons. The summed E-state index contributed by atoms with van der Waals surface area (Å²) < 4.78 is 5.33. The van der Waals surface area contributed by atoms with Crippen LogP contribution in [0.5, 0.6) is 5.75 Å². The van der Waals surface area contributed by atoms with E-state index in [0.717, 1.165) is 29.7 Å². The molecule has 0 aromatic heterocycles. The van der Waals surface area contributed by atoms with Crippen molar-refractivity contribution in [3.05, 3.63) is 29.3 Å². The fraction of sp³-hybridized carbons (Fsp3) is 0.588. The molecule has 1 aliphatic carbocycles. The second-order valence-corrected chi connectivity index (χ2v) is 6.11. The van der Waals surface area contributed by atoms with Crippen LogP contribution in [0.3, 0.4) is 0 Å². The van der Waals surface area contributed by atoms with Gasteiger partial charge in [-0.25, -0.2) is 0 Å². The molecule has 21 heavy (non-hydrogen) atoms. The number of hydrogen-bond acceptors (Lipinski definition) is 3. The van der Waals surface area contributed by atoms with E-state index in [1.807, 2.05) is 13.0 Å². The van der Waals surface area contributed by atoms with E-state index in [4.69, 9.17) is 4.74 Å². The Balaban J connectivity index is 1.85. The van der Waals surface area contributed by atoms with Gasteiger partial charge in [-0.15, -0.1) is 0 Å². The average Bonchev–Trinajstić information content (AvgIpc) is 2.90. The molecule has 4 nitrogen and oxygen atoms in total. The lowest BCUT2D eigenvalue weighted by Crippen LogP contribution is -2.40. The molecule has 3 rings (SSSR count). The maximum absolute atomic E-state index is 12.3. The van der Waals surface area contributed by atoms with Gasteiger partial charge in [-0.05, 0) is 43.0 Å². The first kappa shape index (κ1) is 14.4. The molecule has 1 amide bonds. The molecule has 1 saturated carbocycles. The van der Waals surface area contributed by atoms with Crippen molar-refractivity contribution >= 4 is 5.91 Å². The number of rotatable bonds is 3. The summed E-state index contributed by atoms with van der Waals surface area (Å²) in [6, 6.07) is 6.59. The molecule has 1 heterocycles. The fourth-order valence-corrected chi connectivity index (χ4v) is 3.64. The lowest BCUT2D eigenvalue weighted by atomic mass is 9.93. The van der Waals surface area contributed by atoms with Gasteiger partial charge in [-0.3, -0.25) is 10.1 Å². The van der Waals surface area contributed by atoms with Gasteiger partial charge in [0, 0.05) is 6.04 Å². The van der Waals surface area contributed by atoms with E-state index in [-0.39, 0.29) is 12.1 Å². The summed E-state index contributed by atoms with van der Waals surface area (Å²) in [7, 11) is 1.69. The van der Waals surface area contributed by atoms with Crippen molar-refractivity contribution in [2.75, 3.05) is 13.7 Å². The Bertz CT molecular complexity index is 524. The van der Waals surface area contributed by atoms with Crippen molar-refractivity contribution in [2.45, 2.75) is 51.2 Å². The molecule has 0 spiro atoms. The third-order valence-electron chi connectivity index (χ3n) is 4.72. The molecule has 1 N–H and O–H groups in total. The number of carbonyl (C=O) groups is 1. The maximum atomic E-state index is 12.3. The van der Waals surface area contributed by atoms with Gasteiger partial charge in [0.25, 0.3) is 0 Å². The summed E-state index contributed by atoms with van der Waals surface area (Å²) in [5.41, 5.74) is 2.27. The summed E-state index contributed by atoms with van der Waals surface area (Å²) in [4.78, 5) is 14.4. The van der Waals surface area contributed by atoms with Crippen LogP contribution in [0.1, 0.15) is 49.4 Å². The van der Waals surface area contributed by atoms with Gasteiger partial charge in [-0.1, -0.05) is 25.3 Å². The Kier molecular flexibility index (Phi) is 4.15. The van der Waals surface area contributed by atoms with Crippen LogP contribution in [0.25, 0.3) is 0 Å². The molecule has 114 valence electrons. The fourth-order valence-electron chi connectivity index (χ4n) is 3.64. The highest BCUT2D eigenvalue weighted by atomic mass is 16.5. The molecule has 1 saturated heterocycles. The first-order chi connectivity index (χ1) is 10.2. The number of nitrogens with one attached hydrogen (secondary N) is 1. The van der Waals surface area contributed by atoms with Crippen LogP contribution in [-0.4, -0.2) is 30.5 Å². The van der Waals surface area contributed by atoms with Crippen molar-refractivity contribution in [3.63, 3.8) is 0 Å². The highest BCUT2D eigenvalue weighted by Crippen LogP contribution is 2.33. The molecule has 1 atom stereocenters. The van der Waals surface area contributed by atoms with Gasteiger partial charge in [-0.2, -0.15) is 0 Å². The smallest absolute Gasteiger partial charge is 0.238 e. The van der Waals surface area contributed by atoms with Crippen LogP contribution in [0.15, 0.2) is 18.2 Å². The van der Waals surface area contributed by atoms with Crippen LogP contribution < -0.4 is 10.1 Å². The Labute approximate surface area is 126 Å². The highest BCUT2D eigenvalue weighted by Gasteiger charge is 2.37. The normalized spacial score (nSPS) is 23.6. The minimum Gasteiger partial charge on any atom is -0.496 e. The Morgan fingerprint density at radius 3 is 2.67 bits per heavy atom. The zero-order valence-corrected chi connectivity index (χ0v) is 12.9. The zero-order chi connectivity index (χ0) is 14.8. The van der Waals surface area contributed by atoms with Crippen molar-refractivity contribution in [2.24, 2.45) is 0 Å². The van der Waals surface area contributed by atoms with E-state index < -0.39 is 0 Å². The van der Waals surface area contributed by atoms with Crippen LogP contribution >= 0.6 is 0 Å². The summed E-state index contributed by atoms with van der Waals surface area (Å²) in [6.07, 6.45) is 6.08. The quantitative estimate of drug-likeness (QED) is 0.930. The van der Waals surface area contributed by atoms with E-state index >= 15 is 0 Å². The minimum atomic E-state index is 0.0187. The van der Waals surface area contributed by atoms with E-state index in [2.05, 4.69) is 22.3 Å². The Morgan fingerprint density at radius 1 is 1.24 bits per heavy atom. The minimum absolute atomic E-state index is 0.0187. The molecule has 1 aliphatic heterocycles. The Hall–Kier alpha value is -1.55. The third kappa shape index (κ3) is 2.77. The number of ether oxygens (including phenoxy) is 1. The average molecular weight is 288 g/mol. The summed E-state index contributed by atoms with van der Waals surface area (Å²) in [5, 5.41) is 3.37. The summed E-state index contributed by atoms with van der Waals surface area (Å²) >= 11 is 0. The molecular formula is C17H24N2O2. The standard InChI is InChI=1S/C17H24N2O2/c1-12-10-13(8-9-15(12)21-2)17-18-11-16(20)19(17)14-6-4-3-5-7-14/h8-10,14,17-18H,3-7,11H2,1-2H3. The number of methoxy groups -OCH3 is 1. The van der Waals surface area contributed by atoms with Gasteiger partial charge in [0.15, 0.2) is 0 Å². The van der Waals surface area contributed by atoms with Crippen LogP contribution in [0.2, 0.25) is 0 Å². The van der Waals surface area contributed by atoms with Crippen LogP contribution in [-0.2, 0) is 4.79 Å². The topological polar surface area (TPSA) is 41.6 Å². The number of aryl methyl sites for hydroxylation is 1. The van der Waals surface area contributed by atoms with E-state index in [9.17, 15) is 4.79 Å². The zero-order valence-electron chi connectivity index (χ0n) is 12.9. The van der Waals surface area contributed by atoms with Gasteiger partial charge in [0.05, 0.1) is 13.7 Å². The molecule has 1 aromatic rings. The van der Waals surface area contributed by atoms with Gasteiger partial charge in [0.2, 0.25) is 5.91 Å². The molecule has 2 aliphatic rings. The van der Waals surface area contributed by atoms with Crippen molar-refractivity contribution in [3.8, 4) is 5.75 Å². The first-order valence-corrected chi connectivity index (χ1v) is 7.90. The second-order valence-electron chi connectivity index (χ2n) is 6.11. The van der Waals surface area contributed by atoms with Gasteiger partial charge in [0.1, 0.15) is 11.9 Å². The predicted molar refractivity (Wildman–Crippen MR) is 82.2 cm³/mol. The number of benzene rings is 1. The number of carbonyl (C=O) groups excluding carboxylic acids is 1. The van der Waals surface area contributed by atoms with Gasteiger partial charge >= 0.3 is 0 Å². The van der Waals surface area contributed by atoms with Crippen molar-refractivity contribution in [1.29, 1.82) is 0 Å². The monoisotopic (exact) mass is 288 g/mol. The molecule has 2 fully saturated rings. The lowest BCUT2D eigenvalue weighted by Gasteiger charge is -2.35. The van der Waals surface area contributed by atoms with Crippen LogP contribution in [0.4, 0.5) is 0 Å². The third-order valence-corrected chi connectivity index (χ3v) is 4.72. The molecule has 1 unspecified atom stereocenters. The number of amides is 1. The SMILES string of the molecule is COc1ccc(C2NCC(=O)N2C2CCCCC2)cc1C. The summed E-state index contributed by atoms with van der Waals surface area (Å²) in [6.45, 7) is 2.50. The van der Waals surface area contributed by atoms with Crippen molar-refractivity contribution < 1.29 is 9.53 Å². The van der Waals surface area contributed by atoms with E-state index in [1.165, 1.54) is 19.3 Å². The largest absolute Gasteiger partial charge is 0.496 e.